The van der Waals surface area contributed by atoms with E-state index in [1.54, 1.807) is 0 Å². The molecule has 1 atom stereocenters. The van der Waals surface area contributed by atoms with Gasteiger partial charge in [-0.15, -0.1) is 0 Å². The molecular formula is C8H20N2. The second kappa shape index (κ2) is 5.69. The molecule has 0 aliphatic heterocycles. The molecule has 0 aliphatic carbocycles. The Bertz CT molecular complexity index is 73.7. The first kappa shape index (κ1) is 9.92. The standard InChI is InChI=1S/C8H20N2/c1-4-6-8(9)7-10(3)5-2/h8H,4-7,9H2,1-3H3/t8-/m0/s1. The average molecular weight is 144 g/mol. The highest BCUT2D eigenvalue weighted by Gasteiger charge is 2.02. The van der Waals surface area contributed by atoms with Crippen LogP contribution in [0, 0.1) is 0 Å². The van der Waals surface area contributed by atoms with Crippen LogP contribution in [-0.4, -0.2) is 31.1 Å². The summed E-state index contributed by atoms with van der Waals surface area (Å²) in [6.07, 6.45) is 2.34. The van der Waals surface area contributed by atoms with E-state index in [2.05, 4.69) is 25.8 Å². The summed E-state index contributed by atoms with van der Waals surface area (Å²) in [5.74, 6) is 0. The van der Waals surface area contributed by atoms with Crippen LogP contribution in [0.3, 0.4) is 0 Å². The molecule has 0 aliphatic rings. The summed E-state index contributed by atoms with van der Waals surface area (Å²) in [5.41, 5.74) is 5.82. The zero-order valence-electron chi connectivity index (χ0n) is 7.43. The number of rotatable bonds is 5. The van der Waals surface area contributed by atoms with Gasteiger partial charge in [0.05, 0.1) is 0 Å². The van der Waals surface area contributed by atoms with E-state index >= 15 is 0 Å². The third-order valence-electron chi connectivity index (χ3n) is 1.75. The summed E-state index contributed by atoms with van der Waals surface area (Å²) in [5, 5.41) is 0. The molecule has 0 saturated carbocycles. The predicted octanol–water partition coefficient (Wildman–Crippen LogP) is 1.07. The van der Waals surface area contributed by atoms with Crippen LogP contribution in [0.1, 0.15) is 26.7 Å². The quantitative estimate of drug-likeness (QED) is 0.625. The van der Waals surface area contributed by atoms with Crippen molar-refractivity contribution in [3.05, 3.63) is 0 Å². The molecule has 0 aromatic heterocycles. The van der Waals surface area contributed by atoms with Crippen molar-refractivity contribution in [1.82, 2.24) is 4.90 Å². The summed E-state index contributed by atoms with van der Waals surface area (Å²) in [7, 11) is 2.11. The second-order valence-electron chi connectivity index (χ2n) is 2.90. The summed E-state index contributed by atoms with van der Waals surface area (Å²) < 4.78 is 0. The minimum atomic E-state index is 0.370. The second-order valence-corrected chi connectivity index (χ2v) is 2.90. The monoisotopic (exact) mass is 144 g/mol. The van der Waals surface area contributed by atoms with Gasteiger partial charge in [0.2, 0.25) is 0 Å². The van der Waals surface area contributed by atoms with Gasteiger partial charge in [-0.3, -0.25) is 0 Å². The first-order valence-corrected chi connectivity index (χ1v) is 4.14. The number of hydrogen-bond donors (Lipinski definition) is 1. The topological polar surface area (TPSA) is 29.3 Å². The SMILES string of the molecule is CCC[C@H](N)CN(C)CC. The molecule has 0 spiro atoms. The van der Waals surface area contributed by atoms with Crippen LogP contribution in [0.2, 0.25) is 0 Å². The van der Waals surface area contributed by atoms with E-state index in [0.717, 1.165) is 19.5 Å². The normalized spacial score (nSPS) is 14.1. The molecule has 0 rings (SSSR count). The Balaban J connectivity index is 3.27. The van der Waals surface area contributed by atoms with Crippen LogP contribution in [0.15, 0.2) is 0 Å². The Morgan fingerprint density at radius 3 is 2.40 bits per heavy atom. The minimum absolute atomic E-state index is 0.370. The van der Waals surface area contributed by atoms with Crippen molar-refractivity contribution in [3.8, 4) is 0 Å². The summed E-state index contributed by atoms with van der Waals surface area (Å²) in [6.45, 7) is 6.45. The molecule has 0 aromatic carbocycles. The van der Waals surface area contributed by atoms with E-state index in [-0.39, 0.29) is 0 Å². The van der Waals surface area contributed by atoms with Crippen molar-refractivity contribution in [1.29, 1.82) is 0 Å². The van der Waals surface area contributed by atoms with Gasteiger partial charge in [0, 0.05) is 12.6 Å². The van der Waals surface area contributed by atoms with Crippen LogP contribution in [0.4, 0.5) is 0 Å². The lowest BCUT2D eigenvalue weighted by Crippen LogP contribution is -2.34. The van der Waals surface area contributed by atoms with Crippen molar-refractivity contribution in [2.24, 2.45) is 5.73 Å². The van der Waals surface area contributed by atoms with E-state index in [1.807, 2.05) is 0 Å². The maximum Gasteiger partial charge on any atom is 0.0167 e. The Morgan fingerprint density at radius 1 is 1.40 bits per heavy atom. The highest BCUT2D eigenvalue weighted by molar-refractivity contribution is 4.63. The maximum absolute atomic E-state index is 5.82. The Labute approximate surface area is 64.4 Å². The molecule has 10 heavy (non-hydrogen) atoms. The van der Waals surface area contributed by atoms with Gasteiger partial charge < -0.3 is 10.6 Å². The van der Waals surface area contributed by atoms with E-state index in [1.165, 1.54) is 6.42 Å². The summed E-state index contributed by atoms with van der Waals surface area (Å²) in [4.78, 5) is 2.25. The van der Waals surface area contributed by atoms with E-state index in [0.29, 0.717) is 6.04 Å². The van der Waals surface area contributed by atoms with Gasteiger partial charge >= 0.3 is 0 Å². The van der Waals surface area contributed by atoms with Gasteiger partial charge in [0.15, 0.2) is 0 Å². The smallest absolute Gasteiger partial charge is 0.0167 e. The predicted molar refractivity (Wildman–Crippen MR) is 46.1 cm³/mol. The summed E-state index contributed by atoms with van der Waals surface area (Å²) >= 11 is 0. The summed E-state index contributed by atoms with van der Waals surface area (Å²) in [6, 6.07) is 0.370. The van der Waals surface area contributed by atoms with Gasteiger partial charge in [-0.1, -0.05) is 20.3 Å². The molecule has 0 radical (unpaired) electrons. The fraction of sp³-hybridized carbons (Fsp3) is 1.00. The number of nitrogens with zero attached hydrogens (tertiary/aromatic N) is 1. The highest BCUT2D eigenvalue weighted by Crippen LogP contribution is 1.94. The number of nitrogens with two attached hydrogens (primary N) is 1. The van der Waals surface area contributed by atoms with Crippen LogP contribution in [0.25, 0.3) is 0 Å². The van der Waals surface area contributed by atoms with Crippen molar-refractivity contribution in [2.75, 3.05) is 20.1 Å². The lowest BCUT2D eigenvalue weighted by atomic mass is 10.2. The van der Waals surface area contributed by atoms with Crippen LogP contribution in [0.5, 0.6) is 0 Å². The Kier molecular flexibility index (Phi) is 5.64. The fourth-order valence-electron chi connectivity index (χ4n) is 0.992. The number of hydrogen-bond acceptors (Lipinski definition) is 2. The maximum atomic E-state index is 5.82. The molecule has 2 N–H and O–H groups in total. The van der Waals surface area contributed by atoms with Crippen LogP contribution >= 0.6 is 0 Å². The highest BCUT2D eigenvalue weighted by atomic mass is 15.1. The molecule has 0 unspecified atom stereocenters. The zero-order valence-corrected chi connectivity index (χ0v) is 7.43. The lowest BCUT2D eigenvalue weighted by Gasteiger charge is -2.18. The molecule has 0 amide bonds. The zero-order chi connectivity index (χ0) is 7.98. The molecule has 62 valence electrons. The Hall–Kier alpha value is -0.0800. The third-order valence-corrected chi connectivity index (χ3v) is 1.75. The average Bonchev–Trinajstić information content (AvgIpc) is 1.88. The lowest BCUT2D eigenvalue weighted by molar-refractivity contribution is 0.319. The van der Waals surface area contributed by atoms with Crippen LogP contribution < -0.4 is 5.73 Å². The molecule has 0 bridgehead atoms. The van der Waals surface area contributed by atoms with Gasteiger partial charge in [0.25, 0.3) is 0 Å². The van der Waals surface area contributed by atoms with Gasteiger partial charge in [0.1, 0.15) is 0 Å². The molecule has 0 heterocycles. The third kappa shape index (κ3) is 4.77. The van der Waals surface area contributed by atoms with Gasteiger partial charge in [-0.2, -0.15) is 0 Å². The Morgan fingerprint density at radius 2 is 2.00 bits per heavy atom. The minimum Gasteiger partial charge on any atom is -0.327 e. The van der Waals surface area contributed by atoms with E-state index in [4.69, 9.17) is 5.73 Å². The molecule has 0 fully saturated rings. The molecule has 0 aromatic rings. The molecule has 2 heteroatoms. The van der Waals surface area contributed by atoms with E-state index < -0.39 is 0 Å². The fourth-order valence-corrected chi connectivity index (χ4v) is 0.992. The molecule has 2 nitrogen and oxygen atoms in total. The first-order chi connectivity index (χ1) is 4.70. The van der Waals surface area contributed by atoms with Crippen molar-refractivity contribution in [3.63, 3.8) is 0 Å². The van der Waals surface area contributed by atoms with Crippen molar-refractivity contribution >= 4 is 0 Å². The van der Waals surface area contributed by atoms with Crippen molar-refractivity contribution < 1.29 is 0 Å². The molecule has 0 saturated heterocycles. The van der Waals surface area contributed by atoms with E-state index in [9.17, 15) is 0 Å². The number of likely N-dealkylation sites (N-methyl/N-ethyl adjacent to an activating group) is 1. The largest absolute Gasteiger partial charge is 0.327 e. The van der Waals surface area contributed by atoms with Gasteiger partial charge in [-0.05, 0) is 20.0 Å². The molecular weight excluding hydrogens is 124 g/mol. The van der Waals surface area contributed by atoms with Crippen LogP contribution in [-0.2, 0) is 0 Å². The first-order valence-electron chi connectivity index (χ1n) is 4.14. The van der Waals surface area contributed by atoms with Gasteiger partial charge in [-0.25, -0.2) is 0 Å². The van der Waals surface area contributed by atoms with Crippen molar-refractivity contribution in [2.45, 2.75) is 32.7 Å².